The first-order valence-corrected chi connectivity index (χ1v) is 32.4. The van der Waals surface area contributed by atoms with Crippen LogP contribution in [-0.2, 0) is 28.6 Å². The number of carbonyl (C=O) groups is 3. The highest BCUT2D eigenvalue weighted by molar-refractivity contribution is 5.69. The van der Waals surface area contributed by atoms with Crippen molar-refractivity contribution in [3.63, 3.8) is 0 Å². The van der Waals surface area contributed by atoms with Gasteiger partial charge in [0, 0.05) is 19.3 Å². The van der Waals surface area contributed by atoms with E-state index in [1.807, 2.05) is 39.0 Å². The van der Waals surface area contributed by atoms with Crippen molar-refractivity contribution >= 4 is 17.9 Å². The van der Waals surface area contributed by atoms with E-state index in [4.69, 9.17) is 14.2 Å². The third kappa shape index (κ3) is 99.8. The van der Waals surface area contributed by atoms with Gasteiger partial charge in [-0.25, -0.2) is 0 Å². The summed E-state index contributed by atoms with van der Waals surface area (Å²) in [4.78, 5) is 33.2. The standard InChI is InChI=1S/C20H38O2.C18H34O2.C12H22O2.C10H20.C8H16.C2H4/c1-3-5-6-7-8-9-10-11-12-13-14-15-16-17-18-19-20(21)22-4-2;1-3-5-6-7-8-9-10-11-12-13-14-15-16-17-18(19)20-4-2;1-3-5-6-7-8-9-10-11-12(13)14-4-2;1-3-5-7-9-10-8-6-4-2;1-3-5-7-8-6-4-2;1-2/h11-12H,3-10,13-19H2,1-2H3;9-10H,3-8,11-17H2,1-2H3;3H,1,4-11H2,2H3;3H,1,4-10H2,2H3;3H,1,4-8H2,2H3;1-2H2/b12-11-;10-9-;;;;. The van der Waals surface area contributed by atoms with Crippen molar-refractivity contribution in [2.45, 2.75) is 337 Å². The molecule has 0 aliphatic carbocycles. The van der Waals surface area contributed by atoms with Crippen LogP contribution in [0.4, 0.5) is 0 Å². The molecule has 0 saturated heterocycles. The number of rotatable bonds is 51. The van der Waals surface area contributed by atoms with E-state index < -0.39 is 0 Å². The monoisotopic (exact) mass is 1070 g/mol. The van der Waals surface area contributed by atoms with Gasteiger partial charge < -0.3 is 14.2 Å². The fourth-order valence-electron chi connectivity index (χ4n) is 7.90. The van der Waals surface area contributed by atoms with E-state index in [1.165, 1.54) is 225 Å². The zero-order chi connectivity index (χ0) is 57.7. The summed E-state index contributed by atoms with van der Waals surface area (Å²) in [5.41, 5.74) is 0. The van der Waals surface area contributed by atoms with Crippen LogP contribution in [-0.4, -0.2) is 37.7 Å². The Morgan fingerprint density at radius 3 is 0.632 bits per heavy atom. The van der Waals surface area contributed by atoms with Crippen molar-refractivity contribution in [2.24, 2.45) is 0 Å². The van der Waals surface area contributed by atoms with E-state index in [-0.39, 0.29) is 17.9 Å². The van der Waals surface area contributed by atoms with E-state index in [1.54, 1.807) is 0 Å². The molecule has 0 amide bonds. The topological polar surface area (TPSA) is 78.9 Å². The summed E-state index contributed by atoms with van der Waals surface area (Å²) in [6.07, 6.45) is 70.7. The maximum Gasteiger partial charge on any atom is 0.305 e. The first kappa shape index (κ1) is 84.2. The van der Waals surface area contributed by atoms with E-state index in [9.17, 15) is 14.4 Å². The van der Waals surface area contributed by atoms with Gasteiger partial charge in [0.25, 0.3) is 0 Å². The number of hydrogen-bond donors (Lipinski definition) is 0. The van der Waals surface area contributed by atoms with Gasteiger partial charge in [-0.3, -0.25) is 14.4 Å². The molecule has 450 valence electrons. The fourth-order valence-corrected chi connectivity index (χ4v) is 7.90. The van der Waals surface area contributed by atoms with E-state index in [0.717, 1.165) is 44.9 Å². The molecule has 0 unspecified atom stereocenters. The number of carbonyl (C=O) groups excluding carboxylic acids is 3. The predicted molar refractivity (Wildman–Crippen MR) is 340 cm³/mol. The third-order valence-electron chi connectivity index (χ3n) is 12.5. The van der Waals surface area contributed by atoms with Crippen molar-refractivity contribution in [3.05, 3.63) is 75.4 Å². The van der Waals surface area contributed by atoms with Gasteiger partial charge in [-0.15, -0.1) is 32.9 Å². The molecule has 6 nitrogen and oxygen atoms in total. The summed E-state index contributed by atoms with van der Waals surface area (Å²) < 4.78 is 14.6. The molecule has 0 radical (unpaired) electrons. The van der Waals surface area contributed by atoms with Crippen molar-refractivity contribution in [2.75, 3.05) is 19.8 Å². The Morgan fingerprint density at radius 1 is 0.263 bits per heavy atom. The lowest BCUT2D eigenvalue weighted by molar-refractivity contribution is -0.144. The van der Waals surface area contributed by atoms with Crippen LogP contribution in [0.1, 0.15) is 337 Å². The Balaban J connectivity index is -0.000000208. The Kier molecular flexibility index (Phi) is 98.0. The highest BCUT2D eigenvalue weighted by Gasteiger charge is 2.02. The summed E-state index contributed by atoms with van der Waals surface area (Å²) >= 11 is 0. The lowest BCUT2D eigenvalue weighted by Crippen LogP contribution is -2.03. The van der Waals surface area contributed by atoms with Crippen LogP contribution in [0.25, 0.3) is 0 Å². The van der Waals surface area contributed by atoms with E-state index in [2.05, 4.69) is 84.9 Å². The highest BCUT2D eigenvalue weighted by atomic mass is 16.5. The maximum absolute atomic E-state index is 11.1. The average Bonchev–Trinajstić information content (AvgIpc) is 3.42. The second-order valence-corrected chi connectivity index (χ2v) is 20.0. The Morgan fingerprint density at radius 2 is 0.434 bits per heavy atom. The molecule has 0 bridgehead atoms. The summed E-state index contributed by atoms with van der Waals surface area (Å²) in [5.74, 6) is -0.141. The number of unbranched alkanes of at least 4 members (excludes halogenated alkanes) is 35. The van der Waals surface area contributed by atoms with Crippen LogP contribution < -0.4 is 0 Å². The maximum atomic E-state index is 11.1. The first-order chi connectivity index (χ1) is 37.3. The highest BCUT2D eigenvalue weighted by Crippen LogP contribution is 2.13. The minimum atomic E-state index is -0.0569. The molecular formula is C70H134O6. The van der Waals surface area contributed by atoms with Crippen LogP contribution in [0.5, 0.6) is 0 Å². The molecule has 0 atom stereocenters. The molecule has 0 spiro atoms. The Bertz CT molecular complexity index is 1160. The quantitative estimate of drug-likeness (QED) is 0.0261. The largest absolute Gasteiger partial charge is 0.466 e. The number of esters is 3. The van der Waals surface area contributed by atoms with Gasteiger partial charge in [0.1, 0.15) is 0 Å². The van der Waals surface area contributed by atoms with Gasteiger partial charge in [-0.05, 0) is 130 Å². The fraction of sp³-hybridized carbons (Fsp3) is 0.786. The lowest BCUT2D eigenvalue weighted by atomic mass is 10.1. The predicted octanol–water partition coefficient (Wildman–Crippen LogP) is 23.7. The van der Waals surface area contributed by atoms with Gasteiger partial charge in [0.15, 0.2) is 0 Å². The summed E-state index contributed by atoms with van der Waals surface area (Å²) in [5, 5.41) is 0. The van der Waals surface area contributed by atoms with E-state index >= 15 is 0 Å². The second-order valence-electron chi connectivity index (χ2n) is 20.0. The zero-order valence-corrected chi connectivity index (χ0v) is 52.5. The second kappa shape index (κ2) is 88.5. The van der Waals surface area contributed by atoms with Gasteiger partial charge in [0.2, 0.25) is 0 Å². The van der Waals surface area contributed by atoms with Crippen molar-refractivity contribution in [1.82, 2.24) is 0 Å². The van der Waals surface area contributed by atoms with Gasteiger partial charge in [-0.1, -0.05) is 231 Å². The molecule has 0 aromatic rings. The van der Waals surface area contributed by atoms with Crippen LogP contribution in [0.3, 0.4) is 0 Å². The minimum Gasteiger partial charge on any atom is -0.466 e. The summed E-state index contributed by atoms with van der Waals surface area (Å²) in [6.45, 7) is 33.1. The molecular weight excluding hydrogens is 937 g/mol. The molecule has 0 heterocycles. The number of allylic oxidation sites excluding steroid dienone is 7. The Hall–Kier alpha value is -3.15. The van der Waals surface area contributed by atoms with Crippen LogP contribution in [0.15, 0.2) is 75.4 Å². The molecule has 0 rings (SSSR count). The Labute approximate surface area is 477 Å². The SMILES string of the molecule is C=C.C=CCCCCCC.C=CCCCCCCCC.C=CCCCCCCCC(=O)OCC.CCCCCC/C=C\CCCCCCCC(=O)OCC.CCCCCCCC/C=C\CCCCCCCC(=O)OCC. The molecule has 0 saturated carbocycles. The van der Waals surface area contributed by atoms with Gasteiger partial charge in [0.05, 0.1) is 19.8 Å². The molecule has 0 fully saturated rings. The van der Waals surface area contributed by atoms with Crippen molar-refractivity contribution in [1.29, 1.82) is 0 Å². The minimum absolute atomic E-state index is 0.0415. The molecule has 0 aromatic carbocycles. The van der Waals surface area contributed by atoms with Crippen LogP contribution >= 0.6 is 0 Å². The van der Waals surface area contributed by atoms with Gasteiger partial charge in [-0.2, -0.15) is 0 Å². The molecule has 0 aliphatic rings. The smallest absolute Gasteiger partial charge is 0.305 e. The van der Waals surface area contributed by atoms with E-state index in [0.29, 0.717) is 39.1 Å². The third-order valence-corrected chi connectivity index (χ3v) is 12.5. The summed E-state index contributed by atoms with van der Waals surface area (Å²) in [7, 11) is 0. The molecule has 0 N–H and O–H groups in total. The van der Waals surface area contributed by atoms with Gasteiger partial charge >= 0.3 is 17.9 Å². The summed E-state index contributed by atoms with van der Waals surface area (Å²) in [6, 6.07) is 0. The lowest BCUT2D eigenvalue weighted by Gasteiger charge is -2.01. The normalized spacial score (nSPS) is 10.2. The molecule has 0 aromatic heterocycles. The molecule has 0 aliphatic heterocycles. The number of ether oxygens (including phenoxy) is 3. The zero-order valence-electron chi connectivity index (χ0n) is 52.5. The molecule has 76 heavy (non-hydrogen) atoms. The van der Waals surface area contributed by atoms with Crippen LogP contribution in [0.2, 0.25) is 0 Å². The molecule has 6 heteroatoms. The van der Waals surface area contributed by atoms with Crippen LogP contribution in [0, 0.1) is 0 Å². The van der Waals surface area contributed by atoms with Crippen molar-refractivity contribution in [3.8, 4) is 0 Å². The van der Waals surface area contributed by atoms with Crippen molar-refractivity contribution < 1.29 is 28.6 Å². The average molecular weight is 1070 g/mol. The first-order valence-electron chi connectivity index (χ1n) is 32.4. The number of hydrogen-bond acceptors (Lipinski definition) is 6.